The van der Waals surface area contributed by atoms with Crippen molar-refractivity contribution in [2.45, 2.75) is 64.0 Å². The minimum Gasteiger partial charge on any atom is -0.508 e. The number of halogens is 1. The number of carbonyl (C=O) groups is 1. The first-order valence-electron chi connectivity index (χ1n) is 15.8. The van der Waals surface area contributed by atoms with Crippen LogP contribution < -0.4 is 14.5 Å². The number of fused-ring (bicyclic) bond motifs is 3. The Kier molecular flexibility index (Phi) is 6.31. The maximum atomic E-state index is 15.0. The molecule has 43 heavy (non-hydrogen) atoms. The second-order valence-corrected chi connectivity index (χ2v) is 13.2. The maximum Gasteiger partial charge on any atom is 0.318 e. The van der Waals surface area contributed by atoms with Gasteiger partial charge in [0, 0.05) is 30.0 Å². The van der Waals surface area contributed by atoms with Crippen LogP contribution in [-0.2, 0) is 17.7 Å². The fourth-order valence-electron chi connectivity index (χ4n) is 8.22. The van der Waals surface area contributed by atoms with Crippen molar-refractivity contribution in [1.29, 1.82) is 0 Å². The number of aromatic hydroxyl groups is 1. The number of hydrogen-bond donors (Lipinski definition) is 1. The third-order valence-corrected chi connectivity index (χ3v) is 10.7. The van der Waals surface area contributed by atoms with Gasteiger partial charge in [-0.25, -0.2) is 4.39 Å². The van der Waals surface area contributed by atoms with Gasteiger partial charge in [-0.05, 0) is 81.1 Å². The number of phenolic OH excluding ortho intramolecular Hbond substituents is 1. The van der Waals surface area contributed by atoms with E-state index in [-0.39, 0.29) is 35.0 Å². The molecular weight excluding hydrogens is 549 g/mol. The molecular formula is C33H38FN5O4. The summed E-state index contributed by atoms with van der Waals surface area (Å²) in [5.41, 5.74) is 2.37. The van der Waals surface area contributed by atoms with Crippen LogP contribution >= 0.6 is 0 Å². The van der Waals surface area contributed by atoms with Crippen LogP contribution in [0.1, 0.15) is 67.1 Å². The quantitative estimate of drug-likeness (QED) is 0.439. The highest BCUT2D eigenvalue weighted by Gasteiger charge is 2.46. The molecule has 0 unspecified atom stereocenters. The van der Waals surface area contributed by atoms with Crippen LogP contribution in [0.25, 0.3) is 10.8 Å². The fraction of sp³-hybridized carbons (Fsp3) is 0.545. The molecule has 0 radical (unpaired) electrons. The van der Waals surface area contributed by atoms with E-state index in [4.69, 9.17) is 19.4 Å². The average molecular weight is 588 g/mol. The summed E-state index contributed by atoms with van der Waals surface area (Å²) in [5.74, 6) is 0.0764. The SMILES string of the molecule is CCc1c(F)ccc2cc(O)cc(N3Cc4nc(OCC56CCCN5CCC6)nc(N5CCC6(CC5)COC6)c4C3=O)c12. The Morgan fingerprint density at radius 1 is 1.05 bits per heavy atom. The minimum absolute atomic E-state index is 0.0243. The molecule has 0 bridgehead atoms. The van der Waals surface area contributed by atoms with Crippen LogP contribution in [0, 0.1) is 11.2 Å². The largest absolute Gasteiger partial charge is 0.508 e. The molecule has 1 spiro atoms. The Morgan fingerprint density at radius 2 is 1.81 bits per heavy atom. The molecule has 1 N–H and O–H groups in total. The van der Waals surface area contributed by atoms with Gasteiger partial charge in [0.2, 0.25) is 0 Å². The zero-order valence-corrected chi connectivity index (χ0v) is 24.7. The Morgan fingerprint density at radius 3 is 2.51 bits per heavy atom. The summed E-state index contributed by atoms with van der Waals surface area (Å²) in [4.78, 5) is 30.4. The van der Waals surface area contributed by atoms with Crippen molar-refractivity contribution in [1.82, 2.24) is 14.9 Å². The van der Waals surface area contributed by atoms with Gasteiger partial charge in [0.15, 0.2) is 0 Å². The number of benzene rings is 2. The number of carbonyl (C=O) groups excluding carboxylic acids is 1. The van der Waals surface area contributed by atoms with E-state index < -0.39 is 0 Å². The second-order valence-electron chi connectivity index (χ2n) is 13.2. The summed E-state index contributed by atoms with van der Waals surface area (Å²) in [6.45, 7) is 8.00. The zero-order chi connectivity index (χ0) is 29.3. The number of piperidine rings is 1. The molecule has 0 aliphatic carbocycles. The summed E-state index contributed by atoms with van der Waals surface area (Å²) in [6.07, 6.45) is 7.02. The van der Waals surface area contributed by atoms with Crippen molar-refractivity contribution in [2.24, 2.45) is 5.41 Å². The minimum atomic E-state index is -0.322. The second kappa shape index (κ2) is 10.0. The summed E-state index contributed by atoms with van der Waals surface area (Å²) in [7, 11) is 0. The topological polar surface area (TPSA) is 91.3 Å². The van der Waals surface area contributed by atoms with E-state index >= 15 is 0 Å². The Hall–Kier alpha value is -3.50. The number of rotatable bonds is 6. The van der Waals surface area contributed by atoms with Gasteiger partial charge in [-0.2, -0.15) is 9.97 Å². The predicted octanol–water partition coefficient (Wildman–Crippen LogP) is 4.82. The average Bonchev–Trinajstić information content (AvgIpc) is 3.67. The molecule has 3 aromatic rings. The number of nitrogens with zero attached hydrogens (tertiary/aromatic N) is 5. The predicted molar refractivity (Wildman–Crippen MR) is 160 cm³/mol. The molecule has 4 saturated heterocycles. The summed E-state index contributed by atoms with van der Waals surface area (Å²) in [5, 5.41) is 12.0. The number of anilines is 2. The van der Waals surface area contributed by atoms with Gasteiger partial charge < -0.3 is 24.4 Å². The summed E-state index contributed by atoms with van der Waals surface area (Å²) >= 11 is 0. The molecule has 226 valence electrons. The van der Waals surface area contributed by atoms with Gasteiger partial charge in [0.05, 0.1) is 36.7 Å². The number of amides is 1. The Bertz CT molecular complexity index is 1600. The first kappa shape index (κ1) is 27.1. The zero-order valence-electron chi connectivity index (χ0n) is 24.7. The van der Waals surface area contributed by atoms with Crippen LogP contribution in [0.15, 0.2) is 24.3 Å². The lowest BCUT2D eigenvalue weighted by atomic mass is 9.77. The molecule has 1 amide bonds. The van der Waals surface area contributed by atoms with Crippen LogP contribution in [0.4, 0.5) is 15.9 Å². The van der Waals surface area contributed by atoms with Crippen molar-refractivity contribution in [2.75, 3.05) is 55.8 Å². The monoisotopic (exact) mass is 587 g/mol. The van der Waals surface area contributed by atoms with Crippen molar-refractivity contribution in [3.63, 3.8) is 0 Å². The van der Waals surface area contributed by atoms with Gasteiger partial charge in [-0.15, -0.1) is 0 Å². The van der Waals surface area contributed by atoms with E-state index in [0.717, 1.165) is 65.1 Å². The number of hydrogen-bond acceptors (Lipinski definition) is 8. The number of ether oxygens (including phenoxy) is 2. The van der Waals surface area contributed by atoms with Gasteiger partial charge in [-0.1, -0.05) is 13.0 Å². The highest BCUT2D eigenvalue weighted by molar-refractivity contribution is 6.16. The molecule has 0 saturated carbocycles. The number of aryl methyl sites for hydroxylation is 1. The van der Waals surface area contributed by atoms with Crippen molar-refractivity contribution in [3.05, 3.63) is 46.9 Å². The molecule has 1 aromatic heterocycles. The first-order chi connectivity index (χ1) is 20.9. The van der Waals surface area contributed by atoms with Gasteiger partial charge >= 0.3 is 6.01 Å². The van der Waals surface area contributed by atoms with Gasteiger partial charge in [0.25, 0.3) is 5.91 Å². The molecule has 4 fully saturated rings. The molecule has 5 aliphatic heterocycles. The van der Waals surface area contributed by atoms with Crippen LogP contribution in [-0.4, -0.2) is 77.4 Å². The lowest BCUT2D eigenvalue weighted by molar-refractivity contribution is -0.124. The third kappa shape index (κ3) is 4.28. The van der Waals surface area contributed by atoms with Crippen LogP contribution in [0.5, 0.6) is 11.8 Å². The van der Waals surface area contributed by atoms with Crippen molar-refractivity contribution >= 4 is 28.2 Å². The summed E-state index contributed by atoms with van der Waals surface area (Å²) < 4.78 is 26.9. The highest BCUT2D eigenvalue weighted by atomic mass is 19.1. The fourth-order valence-corrected chi connectivity index (χ4v) is 8.22. The first-order valence-corrected chi connectivity index (χ1v) is 15.8. The normalized spacial score (nSPS) is 22.3. The number of aromatic nitrogens is 2. The molecule has 6 heterocycles. The molecule has 9 nitrogen and oxygen atoms in total. The van der Waals surface area contributed by atoms with E-state index in [9.17, 15) is 14.3 Å². The smallest absolute Gasteiger partial charge is 0.318 e. The van der Waals surface area contributed by atoms with Crippen molar-refractivity contribution < 1.29 is 23.8 Å². The Balaban J connectivity index is 1.18. The Labute approximate surface area is 250 Å². The molecule has 8 rings (SSSR count). The van der Waals surface area contributed by atoms with Crippen LogP contribution in [0.2, 0.25) is 0 Å². The van der Waals surface area contributed by atoms with Gasteiger partial charge in [-0.3, -0.25) is 9.69 Å². The molecule has 0 atom stereocenters. The molecule has 10 heteroatoms. The van der Waals surface area contributed by atoms with E-state index in [0.29, 0.717) is 58.1 Å². The summed E-state index contributed by atoms with van der Waals surface area (Å²) in [6, 6.07) is 6.56. The standard InChI is InChI=1S/C33H38FN5O4/c1-2-23-24(34)6-5-21-15-22(40)16-26(27(21)23)39-17-25-28(30(39)41)29(37-13-9-32(10-14-37)18-42-19-32)36-31(35-25)43-20-33-7-3-11-38(33)12-4-8-33/h5-6,15-16,40H,2-4,7-14,17-20H2,1H3. The number of phenols is 1. The van der Waals surface area contributed by atoms with E-state index in [1.54, 1.807) is 23.1 Å². The third-order valence-electron chi connectivity index (χ3n) is 10.7. The molecule has 5 aliphatic rings. The highest BCUT2D eigenvalue weighted by Crippen LogP contribution is 2.44. The maximum absolute atomic E-state index is 15.0. The van der Waals surface area contributed by atoms with Crippen LogP contribution in [0.3, 0.4) is 0 Å². The van der Waals surface area contributed by atoms with E-state index in [2.05, 4.69) is 9.80 Å². The lowest BCUT2D eigenvalue weighted by Crippen LogP contribution is -2.51. The van der Waals surface area contributed by atoms with E-state index in [1.165, 1.54) is 18.9 Å². The van der Waals surface area contributed by atoms with E-state index in [1.807, 2.05) is 6.92 Å². The molecule has 2 aromatic carbocycles. The van der Waals surface area contributed by atoms with Gasteiger partial charge in [0.1, 0.15) is 29.6 Å². The lowest BCUT2D eigenvalue weighted by Gasteiger charge is -2.47. The van der Waals surface area contributed by atoms with Crippen molar-refractivity contribution in [3.8, 4) is 11.8 Å².